The highest BCUT2D eigenvalue weighted by atomic mass is 16.4. The van der Waals surface area contributed by atoms with Crippen LogP contribution in [0.5, 0.6) is 0 Å². The van der Waals surface area contributed by atoms with E-state index in [0.717, 1.165) is 30.2 Å². The lowest BCUT2D eigenvalue weighted by Crippen LogP contribution is -2.68. The Labute approximate surface area is 304 Å². The van der Waals surface area contributed by atoms with Crippen molar-refractivity contribution in [1.29, 1.82) is 0 Å². The van der Waals surface area contributed by atoms with E-state index in [4.69, 9.17) is 0 Å². The molecule has 6 aliphatic carbocycles. The van der Waals surface area contributed by atoms with Crippen LogP contribution >= 0.6 is 0 Å². The third-order valence-electron chi connectivity index (χ3n) is 18.3. The van der Waals surface area contributed by atoms with Crippen molar-refractivity contribution in [2.75, 3.05) is 26.2 Å². The van der Waals surface area contributed by atoms with Gasteiger partial charge in [0, 0.05) is 18.6 Å². The Hall–Kier alpha value is -1.91. The van der Waals surface area contributed by atoms with Gasteiger partial charge in [-0.15, -0.1) is 0 Å². The number of fused-ring (bicyclic) bond motifs is 7. The topological polar surface area (TPSA) is 52.6 Å². The van der Waals surface area contributed by atoms with Crippen molar-refractivity contribution in [3.63, 3.8) is 0 Å². The molecule has 1 aliphatic heterocycles. The van der Waals surface area contributed by atoms with E-state index in [-0.39, 0.29) is 16.4 Å². The Balaban J connectivity index is 1.03. The van der Waals surface area contributed by atoms with E-state index in [9.17, 15) is 9.90 Å². The van der Waals surface area contributed by atoms with Gasteiger partial charge in [-0.3, -0.25) is 0 Å². The van der Waals surface area contributed by atoms with Gasteiger partial charge < -0.3 is 15.3 Å². The second-order valence-corrected chi connectivity index (χ2v) is 20.4. The predicted molar refractivity (Wildman–Crippen MR) is 206 cm³/mol. The fourth-order valence-corrected chi connectivity index (χ4v) is 15.2. The highest BCUT2D eigenvalue weighted by molar-refractivity contribution is 5.88. The molecule has 4 heteroatoms. The number of rotatable bonds is 7. The van der Waals surface area contributed by atoms with E-state index < -0.39 is 5.97 Å². The van der Waals surface area contributed by atoms with Crippen LogP contribution in [-0.4, -0.2) is 47.7 Å². The molecule has 50 heavy (non-hydrogen) atoms. The smallest absolute Gasteiger partial charge is 0.335 e. The minimum atomic E-state index is -0.849. The van der Waals surface area contributed by atoms with Gasteiger partial charge >= 0.3 is 5.97 Å². The van der Waals surface area contributed by atoms with Crippen molar-refractivity contribution < 1.29 is 9.90 Å². The van der Waals surface area contributed by atoms with E-state index >= 15 is 0 Å². The number of carbonyl (C=O) groups is 1. The van der Waals surface area contributed by atoms with E-state index in [0.29, 0.717) is 34.1 Å². The summed E-state index contributed by atoms with van der Waals surface area (Å²) in [6, 6.07) is 7.69. The average molecular weight is 681 g/mol. The van der Waals surface area contributed by atoms with Crippen LogP contribution in [0.15, 0.2) is 42.5 Å². The second kappa shape index (κ2) is 12.1. The lowest BCUT2D eigenvalue weighted by atomic mass is 9.33. The van der Waals surface area contributed by atoms with Gasteiger partial charge in [0.1, 0.15) is 0 Å². The number of hydrogen-bond donors (Lipinski definition) is 2. The second-order valence-electron chi connectivity index (χ2n) is 20.4. The number of nitrogens with zero attached hydrogens (tertiary/aromatic N) is 1. The van der Waals surface area contributed by atoms with Gasteiger partial charge in [0.2, 0.25) is 0 Å². The molecule has 5 saturated carbocycles. The van der Waals surface area contributed by atoms with Crippen LogP contribution in [0.3, 0.4) is 0 Å². The molecule has 6 fully saturated rings. The quantitative estimate of drug-likeness (QED) is 0.282. The lowest BCUT2D eigenvalue weighted by molar-refractivity contribution is -0.219. The zero-order chi connectivity index (χ0) is 35.3. The van der Waals surface area contributed by atoms with Crippen LogP contribution < -0.4 is 5.32 Å². The molecule has 7 aliphatic rings. The maximum Gasteiger partial charge on any atom is 0.335 e. The molecule has 9 atom stereocenters. The van der Waals surface area contributed by atoms with Gasteiger partial charge in [-0.1, -0.05) is 71.4 Å². The number of benzene rings is 1. The van der Waals surface area contributed by atoms with Gasteiger partial charge in [0.05, 0.1) is 5.56 Å². The first-order valence-electron chi connectivity index (χ1n) is 20.9. The number of hydrogen-bond acceptors (Lipinski definition) is 3. The van der Waals surface area contributed by atoms with Crippen LogP contribution in [0, 0.1) is 56.7 Å². The largest absolute Gasteiger partial charge is 0.478 e. The Morgan fingerprint density at radius 1 is 0.860 bits per heavy atom. The van der Waals surface area contributed by atoms with Gasteiger partial charge in [0.15, 0.2) is 0 Å². The molecule has 274 valence electrons. The Morgan fingerprint density at radius 2 is 1.58 bits per heavy atom. The Kier molecular flexibility index (Phi) is 8.47. The van der Waals surface area contributed by atoms with Crippen LogP contribution in [0.1, 0.15) is 147 Å². The van der Waals surface area contributed by atoms with Gasteiger partial charge in [-0.05, 0) is 183 Å². The summed E-state index contributed by atoms with van der Waals surface area (Å²) >= 11 is 0. The molecule has 1 saturated heterocycles. The molecule has 0 radical (unpaired) electrons. The van der Waals surface area contributed by atoms with Crippen molar-refractivity contribution in [2.24, 2.45) is 56.7 Å². The molecule has 0 aromatic heterocycles. The minimum absolute atomic E-state index is 0.0474. The standard InChI is InChI=1S/C46H68N2O2/c1-31(2)34-15-22-46(47-27-30-48-28-25-45(26-29-48)18-8-19-45)24-23-43(6)36(39(34)46)13-14-38-42(5)20-16-35(32-9-11-33(12-10-32)40(49)50)41(3,4)37(42)17-21-44(38,43)7/h9-12,16,34,36-39,47H,1,8,13-15,17-30H2,2-7H3,(H,49,50)/t34-,36+,37-,38+,39+,42-,43+,44+,46-/m0/s1. The third kappa shape index (κ3) is 5.06. The number of likely N-dealkylation sites (tertiary alicyclic amines) is 1. The summed E-state index contributed by atoms with van der Waals surface area (Å²) in [5.74, 6) is 2.63. The molecule has 0 unspecified atom stereocenters. The molecule has 4 nitrogen and oxygen atoms in total. The van der Waals surface area contributed by atoms with Crippen molar-refractivity contribution in [1.82, 2.24) is 10.2 Å². The molecule has 1 aromatic carbocycles. The molecular weight excluding hydrogens is 613 g/mol. The molecule has 1 heterocycles. The number of allylic oxidation sites excluding steroid dienone is 3. The summed E-state index contributed by atoms with van der Waals surface area (Å²) in [5.41, 5.74) is 6.47. The zero-order valence-corrected chi connectivity index (χ0v) is 32.5. The van der Waals surface area contributed by atoms with Crippen molar-refractivity contribution in [3.05, 3.63) is 53.6 Å². The highest BCUT2D eigenvalue weighted by Gasteiger charge is 2.70. The first-order chi connectivity index (χ1) is 23.7. The number of carboxylic acids is 1. The average Bonchev–Trinajstić information content (AvgIpc) is 3.45. The predicted octanol–water partition coefficient (Wildman–Crippen LogP) is 10.6. The van der Waals surface area contributed by atoms with E-state index in [1.807, 2.05) is 0 Å². The van der Waals surface area contributed by atoms with E-state index in [1.54, 1.807) is 12.1 Å². The van der Waals surface area contributed by atoms with E-state index in [2.05, 4.69) is 76.5 Å². The normalized spacial score (nSPS) is 43.1. The first-order valence-corrected chi connectivity index (χ1v) is 20.9. The maximum atomic E-state index is 11.6. The number of nitrogens with one attached hydrogen (secondary N) is 1. The first kappa shape index (κ1) is 35.1. The van der Waals surface area contributed by atoms with Crippen LogP contribution in [0.2, 0.25) is 0 Å². The summed E-state index contributed by atoms with van der Waals surface area (Å²) in [4.78, 5) is 14.4. The van der Waals surface area contributed by atoms with Crippen molar-refractivity contribution in [3.8, 4) is 0 Å². The molecule has 8 rings (SSSR count). The van der Waals surface area contributed by atoms with Gasteiger partial charge in [0.25, 0.3) is 0 Å². The van der Waals surface area contributed by atoms with Crippen LogP contribution in [0.25, 0.3) is 5.57 Å². The number of piperidine rings is 1. The SMILES string of the molecule is C=C(C)[C@@H]1CC[C@]2(NCCN3CCC4(CCC4)CC3)CC[C@]3(C)[C@H](CC[C@@H]4[C@@]5(C)CC=C(c6ccc(C(=O)O)cc6)C(C)(C)[C@@H]5CC[C@]43C)[C@@H]12. The van der Waals surface area contributed by atoms with Gasteiger partial charge in [-0.2, -0.15) is 0 Å². The minimum Gasteiger partial charge on any atom is -0.478 e. The molecule has 1 spiro atoms. The molecule has 2 N–H and O–H groups in total. The fraction of sp³-hybridized carbons (Fsp3) is 0.761. The van der Waals surface area contributed by atoms with Crippen molar-refractivity contribution in [2.45, 2.75) is 137 Å². The number of carboxylic acid groups (broad SMARTS) is 1. The molecule has 0 bridgehead atoms. The summed E-state index contributed by atoms with van der Waals surface area (Å²) in [5, 5.41) is 13.9. The maximum absolute atomic E-state index is 11.6. The molecular formula is C46H68N2O2. The Morgan fingerprint density at radius 3 is 2.22 bits per heavy atom. The molecule has 0 amide bonds. The summed E-state index contributed by atoms with van der Waals surface area (Å²) in [7, 11) is 0. The summed E-state index contributed by atoms with van der Waals surface area (Å²) in [6.07, 6.45) is 21.8. The zero-order valence-electron chi connectivity index (χ0n) is 32.5. The summed E-state index contributed by atoms with van der Waals surface area (Å²) < 4.78 is 0. The monoisotopic (exact) mass is 681 g/mol. The summed E-state index contributed by atoms with van der Waals surface area (Å²) in [6.45, 7) is 25.2. The fourth-order valence-electron chi connectivity index (χ4n) is 15.2. The Bertz CT molecular complexity index is 1530. The lowest BCUT2D eigenvalue weighted by Gasteiger charge is -2.72. The highest BCUT2D eigenvalue weighted by Crippen LogP contribution is 2.76. The van der Waals surface area contributed by atoms with Crippen LogP contribution in [0.4, 0.5) is 0 Å². The molecule has 1 aromatic rings. The van der Waals surface area contributed by atoms with Crippen LogP contribution in [-0.2, 0) is 0 Å². The van der Waals surface area contributed by atoms with Gasteiger partial charge in [-0.25, -0.2) is 4.79 Å². The van der Waals surface area contributed by atoms with E-state index in [1.165, 1.54) is 120 Å². The number of aromatic carboxylic acids is 1. The van der Waals surface area contributed by atoms with Crippen molar-refractivity contribution >= 4 is 11.5 Å². The third-order valence-corrected chi connectivity index (χ3v) is 18.3.